The minimum Gasteiger partial charge on any atom is -0.477 e. The van der Waals surface area contributed by atoms with Gasteiger partial charge in [-0.3, -0.25) is 0 Å². The number of carboxylic acid groups (broad SMARTS) is 1. The van der Waals surface area contributed by atoms with Crippen LogP contribution in [-0.2, 0) is 27.4 Å². The van der Waals surface area contributed by atoms with Gasteiger partial charge in [-0.2, -0.15) is 0 Å². The van der Waals surface area contributed by atoms with Crippen molar-refractivity contribution in [3.63, 3.8) is 0 Å². The number of carboxylic acids is 1. The number of nitrogens with one attached hydrogen (secondary N) is 1. The monoisotopic (exact) mass is 411 g/mol. The Balaban J connectivity index is 2.88. The molecule has 1 aromatic heterocycles. The normalized spacial score (nSPS) is 11.0. The first-order valence-corrected chi connectivity index (χ1v) is 10.9. The molecule has 1 rings (SSSR count). The molecule has 1 aromatic rings. The van der Waals surface area contributed by atoms with E-state index in [1.165, 1.54) is 0 Å². The second-order valence-electron chi connectivity index (χ2n) is 7.08. The van der Waals surface area contributed by atoms with E-state index in [9.17, 15) is 14.7 Å². The standard InChI is InChI=1S/C22H37NO6/c1-4-7-9-11-13-27-15-17-18(16-28-14-12-10-8-5-2)20(22(26)29-6-3)23-19(17)21(24)25/h23H,4-16H2,1-3H3,(H,24,25). The quantitative estimate of drug-likeness (QED) is 0.274. The summed E-state index contributed by atoms with van der Waals surface area (Å²) in [5.41, 5.74) is 1.09. The lowest BCUT2D eigenvalue weighted by molar-refractivity contribution is 0.0511. The number of aromatic amines is 1. The van der Waals surface area contributed by atoms with E-state index in [2.05, 4.69) is 18.8 Å². The van der Waals surface area contributed by atoms with Gasteiger partial charge in [0.1, 0.15) is 11.4 Å². The summed E-state index contributed by atoms with van der Waals surface area (Å²) in [6, 6.07) is 0. The highest BCUT2D eigenvalue weighted by atomic mass is 16.5. The Kier molecular flexibility index (Phi) is 13.1. The van der Waals surface area contributed by atoms with Crippen molar-refractivity contribution in [3.05, 3.63) is 22.5 Å². The molecular formula is C22H37NO6. The highest BCUT2D eigenvalue weighted by molar-refractivity contribution is 5.95. The van der Waals surface area contributed by atoms with Gasteiger partial charge >= 0.3 is 11.9 Å². The van der Waals surface area contributed by atoms with Crippen molar-refractivity contribution in [2.45, 2.75) is 85.4 Å². The Morgan fingerprint density at radius 1 is 0.793 bits per heavy atom. The zero-order valence-corrected chi connectivity index (χ0v) is 18.2. The van der Waals surface area contributed by atoms with E-state index >= 15 is 0 Å². The van der Waals surface area contributed by atoms with Gasteiger partial charge in [-0.25, -0.2) is 9.59 Å². The van der Waals surface area contributed by atoms with Crippen LogP contribution in [0, 0.1) is 0 Å². The number of aromatic nitrogens is 1. The molecule has 1 heterocycles. The average Bonchev–Trinajstić information content (AvgIpc) is 3.06. The van der Waals surface area contributed by atoms with Crippen LogP contribution in [0.2, 0.25) is 0 Å². The van der Waals surface area contributed by atoms with Crippen LogP contribution in [0.4, 0.5) is 0 Å². The molecule has 0 amide bonds. The van der Waals surface area contributed by atoms with Gasteiger partial charge in [0.25, 0.3) is 0 Å². The van der Waals surface area contributed by atoms with Crippen molar-refractivity contribution in [2.75, 3.05) is 19.8 Å². The molecular weight excluding hydrogens is 374 g/mol. The topological polar surface area (TPSA) is 97.9 Å². The van der Waals surface area contributed by atoms with E-state index in [0.29, 0.717) is 24.3 Å². The van der Waals surface area contributed by atoms with E-state index in [1.807, 2.05) is 0 Å². The minimum atomic E-state index is -1.13. The maximum absolute atomic E-state index is 12.3. The molecule has 0 aliphatic rings. The van der Waals surface area contributed by atoms with E-state index in [1.54, 1.807) is 6.92 Å². The summed E-state index contributed by atoms with van der Waals surface area (Å²) in [7, 11) is 0. The molecule has 0 atom stereocenters. The first-order chi connectivity index (χ1) is 14.1. The number of carbonyl (C=O) groups is 2. The summed E-state index contributed by atoms with van der Waals surface area (Å²) >= 11 is 0. The van der Waals surface area contributed by atoms with Gasteiger partial charge in [-0.15, -0.1) is 0 Å². The van der Waals surface area contributed by atoms with Crippen molar-refractivity contribution in [1.82, 2.24) is 4.98 Å². The number of H-pyrrole nitrogens is 1. The number of hydrogen-bond acceptors (Lipinski definition) is 5. The van der Waals surface area contributed by atoms with Gasteiger partial charge in [0.05, 0.1) is 19.8 Å². The molecule has 0 saturated carbocycles. The molecule has 2 N–H and O–H groups in total. The zero-order valence-electron chi connectivity index (χ0n) is 18.2. The molecule has 0 saturated heterocycles. The fraction of sp³-hybridized carbons (Fsp3) is 0.727. The number of aromatic carboxylic acids is 1. The average molecular weight is 412 g/mol. The van der Waals surface area contributed by atoms with Crippen LogP contribution in [0.5, 0.6) is 0 Å². The maximum Gasteiger partial charge on any atom is 0.355 e. The summed E-state index contributed by atoms with van der Waals surface area (Å²) in [5.74, 6) is -1.71. The summed E-state index contributed by atoms with van der Waals surface area (Å²) in [6.45, 7) is 7.60. The van der Waals surface area contributed by atoms with Crippen LogP contribution in [0.3, 0.4) is 0 Å². The summed E-state index contributed by atoms with van der Waals surface area (Å²) < 4.78 is 16.6. The number of unbranched alkanes of at least 4 members (excludes halogenated alkanes) is 6. The molecule has 0 aliphatic carbocycles. The van der Waals surface area contributed by atoms with Crippen LogP contribution in [0.1, 0.15) is 104 Å². The summed E-state index contributed by atoms with van der Waals surface area (Å²) in [4.78, 5) is 26.8. The van der Waals surface area contributed by atoms with Gasteiger partial charge in [0.2, 0.25) is 0 Å². The van der Waals surface area contributed by atoms with Crippen molar-refractivity contribution in [1.29, 1.82) is 0 Å². The molecule has 7 heteroatoms. The second kappa shape index (κ2) is 15.0. The van der Waals surface area contributed by atoms with Gasteiger partial charge in [-0.1, -0.05) is 52.4 Å². The van der Waals surface area contributed by atoms with Crippen LogP contribution < -0.4 is 0 Å². The lowest BCUT2D eigenvalue weighted by atomic mass is 10.1. The van der Waals surface area contributed by atoms with Gasteiger partial charge in [-0.05, 0) is 19.8 Å². The molecule has 0 bridgehead atoms. The second-order valence-corrected chi connectivity index (χ2v) is 7.08. The largest absolute Gasteiger partial charge is 0.477 e. The fourth-order valence-electron chi connectivity index (χ4n) is 3.07. The molecule has 7 nitrogen and oxygen atoms in total. The number of carbonyl (C=O) groups excluding carboxylic acids is 1. The van der Waals surface area contributed by atoms with E-state index < -0.39 is 11.9 Å². The Morgan fingerprint density at radius 2 is 1.31 bits per heavy atom. The van der Waals surface area contributed by atoms with Crippen LogP contribution >= 0.6 is 0 Å². The third-order valence-electron chi connectivity index (χ3n) is 4.69. The zero-order chi connectivity index (χ0) is 21.5. The Labute approximate surface area is 174 Å². The van der Waals surface area contributed by atoms with Gasteiger partial charge < -0.3 is 24.3 Å². The molecule has 29 heavy (non-hydrogen) atoms. The number of esters is 1. The third-order valence-corrected chi connectivity index (χ3v) is 4.69. The first-order valence-electron chi connectivity index (χ1n) is 10.9. The molecule has 0 radical (unpaired) electrons. The molecule has 0 fully saturated rings. The predicted molar refractivity (Wildman–Crippen MR) is 111 cm³/mol. The maximum atomic E-state index is 12.3. The third kappa shape index (κ3) is 9.00. The van der Waals surface area contributed by atoms with Crippen molar-refractivity contribution in [2.24, 2.45) is 0 Å². The number of rotatable bonds is 17. The van der Waals surface area contributed by atoms with Crippen molar-refractivity contribution < 1.29 is 28.9 Å². The van der Waals surface area contributed by atoms with E-state index in [0.717, 1.165) is 51.4 Å². The van der Waals surface area contributed by atoms with Crippen molar-refractivity contribution >= 4 is 11.9 Å². The van der Waals surface area contributed by atoms with E-state index in [-0.39, 0.29) is 31.2 Å². The Bertz CT molecular complexity index is 611. The summed E-state index contributed by atoms with van der Waals surface area (Å²) in [6.07, 6.45) is 8.62. The highest BCUT2D eigenvalue weighted by Crippen LogP contribution is 2.23. The minimum absolute atomic E-state index is 0.0359. The number of ether oxygens (including phenoxy) is 3. The lowest BCUT2D eigenvalue weighted by Gasteiger charge is -2.10. The van der Waals surface area contributed by atoms with Crippen LogP contribution in [0.15, 0.2) is 0 Å². The van der Waals surface area contributed by atoms with E-state index in [4.69, 9.17) is 14.2 Å². The molecule has 166 valence electrons. The SMILES string of the molecule is CCCCCCOCc1c(C(=O)O)[nH]c(C(=O)OCC)c1COCCCCCC. The predicted octanol–water partition coefficient (Wildman–Crippen LogP) is 5.08. The van der Waals surface area contributed by atoms with Crippen LogP contribution in [-0.4, -0.2) is 41.8 Å². The summed E-state index contributed by atoms with van der Waals surface area (Å²) in [5, 5.41) is 9.58. The first kappa shape index (κ1) is 25.2. The Morgan fingerprint density at radius 3 is 1.76 bits per heavy atom. The van der Waals surface area contributed by atoms with Gasteiger partial charge in [0, 0.05) is 24.3 Å². The molecule has 0 aromatic carbocycles. The fourth-order valence-corrected chi connectivity index (χ4v) is 3.07. The molecule has 0 spiro atoms. The van der Waals surface area contributed by atoms with Gasteiger partial charge in [0.15, 0.2) is 0 Å². The Hall–Kier alpha value is -1.86. The smallest absolute Gasteiger partial charge is 0.355 e. The lowest BCUT2D eigenvalue weighted by Crippen LogP contribution is -2.10. The molecule has 0 unspecified atom stereocenters. The van der Waals surface area contributed by atoms with Crippen molar-refractivity contribution in [3.8, 4) is 0 Å². The van der Waals surface area contributed by atoms with Crippen LogP contribution in [0.25, 0.3) is 0 Å². The number of hydrogen-bond donors (Lipinski definition) is 2. The highest BCUT2D eigenvalue weighted by Gasteiger charge is 2.26. The molecule has 0 aliphatic heterocycles.